The lowest BCUT2D eigenvalue weighted by molar-refractivity contribution is 0.318. The highest BCUT2D eigenvalue weighted by atomic mass is 79.9. The number of hydrogen-bond donors (Lipinski definition) is 0. The molecule has 0 fully saturated rings. The molecule has 0 aliphatic carbocycles. The fourth-order valence-electron chi connectivity index (χ4n) is 2.16. The Balaban J connectivity index is 2.40. The number of para-hydroxylation sites is 1. The molecule has 1 nitrogen and oxygen atoms in total. The standard InChI is InChI=1S/C17H19BrO/c1-13-7-3-4-9-15(13)16-10-5-8-14(2)17(16)19-12-6-11-18/h3-5,7-10H,6,11-12H2,1-2H3. The minimum absolute atomic E-state index is 0.745. The van der Waals surface area contributed by atoms with E-state index in [2.05, 4.69) is 72.2 Å². The molecule has 0 spiro atoms. The number of aryl methyl sites for hydroxylation is 2. The minimum Gasteiger partial charge on any atom is -0.493 e. The number of ether oxygens (including phenoxy) is 1. The first kappa shape index (κ1) is 14.1. The lowest BCUT2D eigenvalue weighted by Gasteiger charge is -2.15. The number of halogens is 1. The maximum Gasteiger partial charge on any atom is 0.130 e. The van der Waals surface area contributed by atoms with Crippen LogP contribution >= 0.6 is 15.9 Å². The molecule has 0 heterocycles. The van der Waals surface area contributed by atoms with Crippen LogP contribution in [0.5, 0.6) is 5.75 Å². The van der Waals surface area contributed by atoms with E-state index in [0.717, 1.165) is 24.1 Å². The summed E-state index contributed by atoms with van der Waals surface area (Å²) in [5, 5.41) is 0.971. The third-order valence-electron chi connectivity index (χ3n) is 3.17. The molecular weight excluding hydrogens is 300 g/mol. The topological polar surface area (TPSA) is 9.23 Å². The van der Waals surface area contributed by atoms with Gasteiger partial charge in [0, 0.05) is 10.9 Å². The van der Waals surface area contributed by atoms with Gasteiger partial charge in [0.2, 0.25) is 0 Å². The Bertz CT molecular complexity index is 549. The molecule has 2 aromatic carbocycles. The summed E-state index contributed by atoms with van der Waals surface area (Å²) < 4.78 is 5.99. The van der Waals surface area contributed by atoms with Crippen LogP contribution < -0.4 is 4.74 Å². The molecule has 0 bridgehead atoms. The molecule has 0 aliphatic rings. The van der Waals surface area contributed by atoms with Crippen LogP contribution in [0.4, 0.5) is 0 Å². The Morgan fingerprint density at radius 2 is 1.58 bits per heavy atom. The van der Waals surface area contributed by atoms with Crippen molar-refractivity contribution in [3.05, 3.63) is 53.6 Å². The van der Waals surface area contributed by atoms with E-state index in [1.54, 1.807) is 0 Å². The molecule has 2 aromatic rings. The zero-order valence-electron chi connectivity index (χ0n) is 11.4. The first-order valence-electron chi connectivity index (χ1n) is 6.58. The van der Waals surface area contributed by atoms with Gasteiger partial charge in [-0.1, -0.05) is 58.4 Å². The van der Waals surface area contributed by atoms with E-state index in [1.807, 2.05) is 0 Å². The van der Waals surface area contributed by atoms with Crippen molar-refractivity contribution in [2.45, 2.75) is 20.3 Å². The van der Waals surface area contributed by atoms with Crippen LogP contribution in [0.2, 0.25) is 0 Å². The monoisotopic (exact) mass is 318 g/mol. The fourth-order valence-corrected chi connectivity index (χ4v) is 2.39. The zero-order chi connectivity index (χ0) is 13.7. The third-order valence-corrected chi connectivity index (χ3v) is 3.73. The molecule has 0 N–H and O–H groups in total. The summed E-state index contributed by atoms with van der Waals surface area (Å²) in [6.07, 6.45) is 1.02. The summed E-state index contributed by atoms with van der Waals surface area (Å²) in [5.74, 6) is 1.01. The summed E-state index contributed by atoms with van der Waals surface area (Å²) in [6, 6.07) is 14.8. The van der Waals surface area contributed by atoms with E-state index in [-0.39, 0.29) is 0 Å². The summed E-state index contributed by atoms with van der Waals surface area (Å²) in [6.45, 7) is 4.99. The van der Waals surface area contributed by atoms with Gasteiger partial charge < -0.3 is 4.74 Å². The molecule has 2 heteroatoms. The summed E-state index contributed by atoms with van der Waals surface area (Å²) in [7, 11) is 0. The Hall–Kier alpha value is -1.28. The second kappa shape index (κ2) is 6.76. The maximum atomic E-state index is 5.99. The second-order valence-electron chi connectivity index (χ2n) is 4.66. The van der Waals surface area contributed by atoms with Crippen LogP contribution in [-0.4, -0.2) is 11.9 Å². The van der Waals surface area contributed by atoms with Crippen LogP contribution in [0.15, 0.2) is 42.5 Å². The molecule has 0 atom stereocenters. The van der Waals surface area contributed by atoms with E-state index in [0.29, 0.717) is 0 Å². The van der Waals surface area contributed by atoms with E-state index in [1.165, 1.54) is 22.3 Å². The Morgan fingerprint density at radius 3 is 2.32 bits per heavy atom. The molecule has 0 saturated heterocycles. The molecule has 100 valence electrons. The van der Waals surface area contributed by atoms with E-state index >= 15 is 0 Å². The van der Waals surface area contributed by atoms with Gasteiger partial charge in [0.1, 0.15) is 5.75 Å². The highest BCUT2D eigenvalue weighted by molar-refractivity contribution is 9.09. The molecule has 2 rings (SSSR count). The van der Waals surface area contributed by atoms with E-state index in [4.69, 9.17) is 4.74 Å². The summed E-state index contributed by atoms with van der Waals surface area (Å²) in [5.41, 5.74) is 4.90. The minimum atomic E-state index is 0.745. The molecule has 0 saturated carbocycles. The molecule has 0 amide bonds. The smallest absolute Gasteiger partial charge is 0.130 e. The van der Waals surface area contributed by atoms with Gasteiger partial charge in [0.25, 0.3) is 0 Å². The average Bonchev–Trinajstić information content (AvgIpc) is 2.41. The van der Waals surface area contributed by atoms with Crippen molar-refractivity contribution in [2.24, 2.45) is 0 Å². The Morgan fingerprint density at radius 1 is 0.895 bits per heavy atom. The maximum absolute atomic E-state index is 5.99. The quantitative estimate of drug-likeness (QED) is 0.548. The molecule has 0 aliphatic heterocycles. The first-order chi connectivity index (χ1) is 9.24. The van der Waals surface area contributed by atoms with Crippen molar-refractivity contribution >= 4 is 15.9 Å². The van der Waals surface area contributed by atoms with E-state index < -0.39 is 0 Å². The van der Waals surface area contributed by atoms with Crippen molar-refractivity contribution in [3.63, 3.8) is 0 Å². The van der Waals surface area contributed by atoms with Gasteiger partial charge >= 0.3 is 0 Å². The number of rotatable bonds is 5. The van der Waals surface area contributed by atoms with Crippen molar-refractivity contribution in [1.29, 1.82) is 0 Å². The van der Waals surface area contributed by atoms with Crippen molar-refractivity contribution in [3.8, 4) is 16.9 Å². The van der Waals surface area contributed by atoms with Gasteiger partial charge in [0.05, 0.1) is 6.61 Å². The van der Waals surface area contributed by atoms with Crippen molar-refractivity contribution in [1.82, 2.24) is 0 Å². The predicted octanol–water partition coefficient (Wildman–Crippen LogP) is 5.13. The Labute approximate surface area is 123 Å². The fraction of sp³-hybridized carbons (Fsp3) is 0.294. The van der Waals surface area contributed by atoms with Gasteiger partial charge in [-0.05, 0) is 37.0 Å². The summed E-state index contributed by atoms with van der Waals surface area (Å²) >= 11 is 3.44. The van der Waals surface area contributed by atoms with Crippen molar-refractivity contribution in [2.75, 3.05) is 11.9 Å². The highest BCUT2D eigenvalue weighted by Gasteiger charge is 2.10. The summed E-state index contributed by atoms with van der Waals surface area (Å²) in [4.78, 5) is 0. The Kier molecular flexibility index (Phi) is 5.03. The van der Waals surface area contributed by atoms with Gasteiger partial charge in [-0.2, -0.15) is 0 Å². The second-order valence-corrected chi connectivity index (χ2v) is 5.45. The van der Waals surface area contributed by atoms with Gasteiger partial charge in [-0.15, -0.1) is 0 Å². The largest absolute Gasteiger partial charge is 0.493 e. The van der Waals surface area contributed by atoms with Crippen LogP contribution in [0.25, 0.3) is 11.1 Å². The SMILES string of the molecule is Cc1ccccc1-c1cccc(C)c1OCCCBr. The van der Waals surface area contributed by atoms with Gasteiger partial charge in [-0.3, -0.25) is 0 Å². The highest BCUT2D eigenvalue weighted by Crippen LogP contribution is 2.34. The van der Waals surface area contributed by atoms with Crippen LogP contribution in [0.1, 0.15) is 17.5 Å². The predicted molar refractivity (Wildman–Crippen MR) is 85.3 cm³/mol. The number of hydrogen-bond acceptors (Lipinski definition) is 1. The molecule has 0 unspecified atom stereocenters. The van der Waals surface area contributed by atoms with E-state index in [9.17, 15) is 0 Å². The van der Waals surface area contributed by atoms with Crippen LogP contribution in [-0.2, 0) is 0 Å². The normalized spacial score (nSPS) is 10.5. The van der Waals surface area contributed by atoms with Gasteiger partial charge in [0.15, 0.2) is 0 Å². The lowest BCUT2D eigenvalue weighted by Crippen LogP contribution is -2.01. The third kappa shape index (κ3) is 3.38. The number of benzene rings is 2. The number of alkyl halides is 1. The zero-order valence-corrected chi connectivity index (χ0v) is 13.0. The molecular formula is C17H19BrO. The first-order valence-corrected chi connectivity index (χ1v) is 7.70. The van der Waals surface area contributed by atoms with Crippen molar-refractivity contribution < 1.29 is 4.74 Å². The van der Waals surface area contributed by atoms with Gasteiger partial charge in [-0.25, -0.2) is 0 Å². The lowest BCUT2D eigenvalue weighted by atomic mass is 9.98. The molecule has 0 aromatic heterocycles. The molecule has 19 heavy (non-hydrogen) atoms. The van der Waals surface area contributed by atoms with Crippen LogP contribution in [0.3, 0.4) is 0 Å². The molecule has 0 radical (unpaired) electrons. The average molecular weight is 319 g/mol. The van der Waals surface area contributed by atoms with Crippen LogP contribution in [0, 0.1) is 13.8 Å².